The maximum Gasteiger partial charge on any atom is 0.333 e. The predicted octanol–water partition coefficient (Wildman–Crippen LogP) is 3.26. The van der Waals surface area contributed by atoms with E-state index in [9.17, 15) is 13.6 Å². The lowest BCUT2D eigenvalue weighted by Crippen LogP contribution is -2.55. The minimum absolute atomic E-state index is 0.0405. The van der Waals surface area contributed by atoms with Crippen molar-refractivity contribution in [3.63, 3.8) is 0 Å². The van der Waals surface area contributed by atoms with Crippen molar-refractivity contribution in [2.75, 3.05) is 5.32 Å². The van der Waals surface area contributed by atoms with Crippen molar-refractivity contribution in [2.45, 2.75) is 45.2 Å². The predicted molar refractivity (Wildman–Crippen MR) is 73.1 cm³/mol. The van der Waals surface area contributed by atoms with Crippen molar-refractivity contribution in [1.82, 2.24) is 10.4 Å². The molecule has 0 spiro atoms. The Bertz CT molecular complexity index is 485. The number of piperidine rings is 1. The van der Waals surface area contributed by atoms with Crippen LogP contribution in [0.1, 0.15) is 33.1 Å². The fraction of sp³-hybridized carbons (Fsp3) is 0.500. The van der Waals surface area contributed by atoms with Crippen LogP contribution < -0.4 is 10.7 Å². The highest BCUT2D eigenvalue weighted by molar-refractivity contribution is 5.89. The van der Waals surface area contributed by atoms with Gasteiger partial charge in [-0.2, -0.15) is 0 Å². The Balaban J connectivity index is 1.98. The minimum atomic E-state index is -0.792. The lowest BCUT2D eigenvalue weighted by Gasteiger charge is -2.38. The highest BCUT2D eigenvalue weighted by Gasteiger charge is 2.26. The topological polar surface area (TPSA) is 44.4 Å². The lowest BCUT2D eigenvalue weighted by atomic mass is 10.00. The number of urea groups is 1. The van der Waals surface area contributed by atoms with E-state index in [-0.39, 0.29) is 17.8 Å². The zero-order chi connectivity index (χ0) is 14.7. The average molecular weight is 283 g/mol. The third-order valence-corrected chi connectivity index (χ3v) is 3.60. The molecule has 1 aromatic carbocycles. The molecule has 0 saturated carbocycles. The van der Waals surface area contributed by atoms with E-state index in [2.05, 4.69) is 10.7 Å². The summed E-state index contributed by atoms with van der Waals surface area (Å²) in [6.45, 7) is 4.07. The summed E-state index contributed by atoms with van der Waals surface area (Å²) in [6, 6.07) is 3.00. The standard InChI is InChI=1S/C14H19F2N3O/c1-9-4-3-5-10(2)19(9)18-14(20)17-13-7-6-11(15)8-12(13)16/h6-10H,3-5H2,1-2H3,(H2,17,18,20)/t9-,10+. The normalized spacial score (nSPS) is 23.4. The first-order valence-corrected chi connectivity index (χ1v) is 6.78. The molecule has 1 aliphatic rings. The van der Waals surface area contributed by atoms with Gasteiger partial charge in [-0.3, -0.25) is 5.43 Å². The third kappa shape index (κ3) is 3.45. The Morgan fingerprint density at radius 3 is 2.50 bits per heavy atom. The molecule has 0 unspecified atom stereocenters. The fourth-order valence-electron chi connectivity index (χ4n) is 2.50. The number of carbonyl (C=O) groups is 1. The van der Waals surface area contributed by atoms with Crippen molar-refractivity contribution in [1.29, 1.82) is 0 Å². The molecule has 1 saturated heterocycles. The molecule has 0 bridgehead atoms. The zero-order valence-corrected chi connectivity index (χ0v) is 11.6. The summed E-state index contributed by atoms with van der Waals surface area (Å²) in [5.41, 5.74) is 2.69. The number of hydrazine groups is 1. The Morgan fingerprint density at radius 1 is 1.25 bits per heavy atom. The summed E-state index contributed by atoms with van der Waals surface area (Å²) in [5, 5.41) is 4.27. The van der Waals surface area contributed by atoms with Crippen LogP contribution in [0.15, 0.2) is 18.2 Å². The molecule has 110 valence electrons. The van der Waals surface area contributed by atoms with Crippen molar-refractivity contribution in [3.8, 4) is 0 Å². The first-order valence-electron chi connectivity index (χ1n) is 6.78. The van der Waals surface area contributed by atoms with Crippen LogP contribution in [-0.4, -0.2) is 23.1 Å². The van der Waals surface area contributed by atoms with Gasteiger partial charge in [-0.05, 0) is 38.8 Å². The van der Waals surface area contributed by atoms with Crippen LogP contribution in [0.5, 0.6) is 0 Å². The van der Waals surface area contributed by atoms with Crippen LogP contribution in [0.4, 0.5) is 19.3 Å². The SMILES string of the molecule is C[C@@H]1CCC[C@H](C)N1NC(=O)Nc1ccc(F)cc1F. The highest BCUT2D eigenvalue weighted by atomic mass is 19.1. The lowest BCUT2D eigenvalue weighted by molar-refractivity contribution is 0.0625. The van der Waals surface area contributed by atoms with Crippen molar-refractivity contribution < 1.29 is 13.6 Å². The molecule has 0 radical (unpaired) electrons. The van der Waals surface area contributed by atoms with Gasteiger partial charge in [0.05, 0.1) is 5.69 Å². The number of carbonyl (C=O) groups excluding carboxylic acids is 1. The van der Waals surface area contributed by atoms with Gasteiger partial charge in [0, 0.05) is 18.2 Å². The van der Waals surface area contributed by atoms with E-state index >= 15 is 0 Å². The summed E-state index contributed by atoms with van der Waals surface area (Å²) in [7, 11) is 0. The number of rotatable bonds is 2. The highest BCUT2D eigenvalue weighted by Crippen LogP contribution is 2.20. The Kier molecular flexibility index (Phi) is 4.54. The molecule has 1 aromatic rings. The van der Waals surface area contributed by atoms with Gasteiger partial charge in [0.1, 0.15) is 11.6 Å². The van der Waals surface area contributed by atoms with Crippen molar-refractivity contribution in [3.05, 3.63) is 29.8 Å². The molecule has 2 rings (SSSR count). The molecular weight excluding hydrogens is 264 g/mol. The summed E-state index contributed by atoms with van der Waals surface area (Å²) in [4.78, 5) is 11.9. The number of halogens is 2. The van der Waals surface area contributed by atoms with Gasteiger partial charge in [0.2, 0.25) is 0 Å². The van der Waals surface area contributed by atoms with Crippen LogP contribution in [0.25, 0.3) is 0 Å². The molecule has 1 fully saturated rings. The number of nitrogens with zero attached hydrogens (tertiary/aromatic N) is 1. The molecule has 0 aromatic heterocycles. The Morgan fingerprint density at radius 2 is 1.90 bits per heavy atom. The minimum Gasteiger partial charge on any atom is -0.304 e. The van der Waals surface area contributed by atoms with Crippen LogP contribution in [-0.2, 0) is 0 Å². The summed E-state index contributed by atoms with van der Waals surface area (Å²) in [6.07, 6.45) is 3.15. The third-order valence-electron chi connectivity index (χ3n) is 3.60. The number of anilines is 1. The molecule has 4 nitrogen and oxygen atoms in total. The maximum atomic E-state index is 13.4. The monoisotopic (exact) mass is 283 g/mol. The molecular formula is C14H19F2N3O. The number of benzene rings is 1. The Labute approximate surface area is 117 Å². The van der Waals surface area contributed by atoms with E-state index < -0.39 is 17.7 Å². The maximum absolute atomic E-state index is 13.4. The van der Waals surface area contributed by atoms with Gasteiger partial charge >= 0.3 is 6.03 Å². The van der Waals surface area contributed by atoms with Gasteiger partial charge in [-0.15, -0.1) is 0 Å². The van der Waals surface area contributed by atoms with Crippen LogP contribution in [0.2, 0.25) is 0 Å². The van der Waals surface area contributed by atoms with Crippen LogP contribution in [0.3, 0.4) is 0 Å². The van der Waals surface area contributed by atoms with Crippen molar-refractivity contribution in [2.24, 2.45) is 0 Å². The molecule has 20 heavy (non-hydrogen) atoms. The first-order chi connectivity index (χ1) is 9.47. The second-order valence-electron chi connectivity index (χ2n) is 5.23. The zero-order valence-electron chi connectivity index (χ0n) is 11.6. The Hall–Kier alpha value is -1.69. The fourth-order valence-corrected chi connectivity index (χ4v) is 2.50. The van der Waals surface area contributed by atoms with E-state index in [0.29, 0.717) is 0 Å². The van der Waals surface area contributed by atoms with E-state index in [4.69, 9.17) is 0 Å². The number of nitrogens with one attached hydrogen (secondary N) is 2. The van der Waals surface area contributed by atoms with E-state index in [1.807, 2.05) is 18.9 Å². The second kappa shape index (κ2) is 6.17. The summed E-state index contributed by atoms with van der Waals surface area (Å²) >= 11 is 0. The molecule has 6 heteroatoms. The summed E-state index contributed by atoms with van der Waals surface area (Å²) < 4.78 is 26.2. The molecule has 2 N–H and O–H groups in total. The molecule has 1 heterocycles. The van der Waals surface area contributed by atoms with Gasteiger partial charge in [0.15, 0.2) is 0 Å². The van der Waals surface area contributed by atoms with Gasteiger partial charge in [-0.1, -0.05) is 6.42 Å². The van der Waals surface area contributed by atoms with Crippen molar-refractivity contribution >= 4 is 11.7 Å². The van der Waals surface area contributed by atoms with Gasteiger partial charge in [-0.25, -0.2) is 18.6 Å². The van der Waals surface area contributed by atoms with Gasteiger partial charge < -0.3 is 5.32 Å². The quantitative estimate of drug-likeness (QED) is 0.875. The number of hydrogen-bond donors (Lipinski definition) is 2. The second-order valence-corrected chi connectivity index (χ2v) is 5.23. The first kappa shape index (κ1) is 14.7. The van der Waals surface area contributed by atoms with E-state index in [1.165, 1.54) is 6.07 Å². The molecule has 0 aliphatic carbocycles. The smallest absolute Gasteiger partial charge is 0.304 e. The van der Waals surface area contributed by atoms with E-state index in [1.54, 1.807) is 0 Å². The summed E-state index contributed by atoms with van der Waals surface area (Å²) in [5.74, 6) is -1.47. The number of hydrogen-bond acceptors (Lipinski definition) is 2. The van der Waals surface area contributed by atoms with E-state index in [0.717, 1.165) is 31.4 Å². The molecule has 1 aliphatic heterocycles. The largest absolute Gasteiger partial charge is 0.333 e. The molecule has 2 atom stereocenters. The van der Waals surface area contributed by atoms with Gasteiger partial charge in [0.25, 0.3) is 0 Å². The van der Waals surface area contributed by atoms with Crippen LogP contribution in [0, 0.1) is 11.6 Å². The van der Waals surface area contributed by atoms with Crippen LogP contribution >= 0.6 is 0 Å². The number of amides is 2. The molecule has 2 amide bonds. The average Bonchev–Trinajstić information content (AvgIpc) is 2.37.